The average molecular weight is 225 g/mol. The number of ketones is 1. The van der Waals surface area contributed by atoms with Crippen molar-refractivity contribution in [3.05, 3.63) is 35.4 Å². The fraction of sp³-hybridized carbons (Fsp3) is 0.417. The molecule has 1 N–H and O–H groups in total. The molecule has 0 saturated carbocycles. The zero-order valence-corrected chi connectivity index (χ0v) is 8.97. The van der Waals surface area contributed by atoms with Gasteiger partial charge in [0.05, 0.1) is 5.56 Å². The predicted molar refractivity (Wildman–Crippen MR) is 56.2 cm³/mol. The quantitative estimate of drug-likeness (QED) is 0.797. The van der Waals surface area contributed by atoms with Gasteiger partial charge < -0.3 is 5.32 Å². The van der Waals surface area contributed by atoms with E-state index in [4.69, 9.17) is 0 Å². The van der Waals surface area contributed by atoms with E-state index in [0.29, 0.717) is 0 Å². The van der Waals surface area contributed by atoms with Gasteiger partial charge in [0.25, 0.3) is 0 Å². The minimum atomic E-state index is -1.04. The maximum absolute atomic E-state index is 13.4. The maximum atomic E-state index is 13.4. The first-order chi connectivity index (χ1) is 7.61. The van der Waals surface area contributed by atoms with Gasteiger partial charge in [-0.25, -0.2) is 8.78 Å². The van der Waals surface area contributed by atoms with Crippen molar-refractivity contribution >= 4 is 5.78 Å². The predicted octanol–water partition coefficient (Wildman–Crippen LogP) is 2.00. The molecule has 1 atom stereocenters. The third-order valence-corrected chi connectivity index (χ3v) is 3.15. The molecule has 1 aromatic carbocycles. The molecule has 0 spiro atoms. The molecule has 1 fully saturated rings. The number of hydrogen-bond acceptors (Lipinski definition) is 2. The van der Waals surface area contributed by atoms with Gasteiger partial charge in [-0.1, -0.05) is 13.0 Å². The second-order valence-corrected chi connectivity index (χ2v) is 4.17. The van der Waals surface area contributed by atoms with Gasteiger partial charge >= 0.3 is 0 Å². The topological polar surface area (TPSA) is 29.1 Å². The fourth-order valence-electron chi connectivity index (χ4n) is 1.82. The Labute approximate surface area is 92.7 Å². The number of benzene rings is 1. The van der Waals surface area contributed by atoms with Crippen LogP contribution in [-0.4, -0.2) is 18.9 Å². The molecule has 86 valence electrons. The fourth-order valence-corrected chi connectivity index (χ4v) is 1.82. The Morgan fingerprint density at radius 1 is 1.44 bits per heavy atom. The maximum Gasteiger partial charge on any atom is 0.169 e. The van der Waals surface area contributed by atoms with Crippen molar-refractivity contribution in [2.75, 3.05) is 13.1 Å². The highest BCUT2D eigenvalue weighted by Crippen LogP contribution is 2.22. The molecular weight excluding hydrogens is 212 g/mol. The number of hydrogen-bond donors (Lipinski definition) is 1. The monoisotopic (exact) mass is 225 g/mol. The molecule has 4 heteroatoms. The Bertz CT molecular complexity index is 415. The van der Waals surface area contributed by atoms with Crippen LogP contribution in [0.5, 0.6) is 0 Å². The average Bonchev–Trinajstić information content (AvgIpc) is 2.18. The molecule has 0 amide bonds. The molecule has 1 aliphatic heterocycles. The summed E-state index contributed by atoms with van der Waals surface area (Å²) in [6.45, 7) is 3.30. The number of carbonyl (C=O) groups is 1. The second kappa shape index (κ2) is 4.29. The zero-order chi connectivity index (χ0) is 11.7. The zero-order valence-electron chi connectivity index (χ0n) is 8.97. The van der Waals surface area contributed by atoms with Gasteiger partial charge in [0, 0.05) is 5.92 Å². The lowest BCUT2D eigenvalue weighted by Crippen LogP contribution is -2.47. The van der Waals surface area contributed by atoms with E-state index in [1.165, 1.54) is 12.1 Å². The molecule has 0 aliphatic carbocycles. The van der Waals surface area contributed by atoms with E-state index >= 15 is 0 Å². The van der Waals surface area contributed by atoms with Crippen LogP contribution < -0.4 is 5.32 Å². The molecule has 1 aromatic rings. The van der Waals surface area contributed by atoms with Crippen molar-refractivity contribution in [3.8, 4) is 0 Å². The molecule has 1 unspecified atom stereocenters. The van der Waals surface area contributed by atoms with Crippen LogP contribution in [0.25, 0.3) is 0 Å². The summed E-state index contributed by atoms with van der Waals surface area (Å²) in [5.74, 6) is -2.35. The molecule has 2 rings (SSSR count). The summed E-state index contributed by atoms with van der Waals surface area (Å²) in [6.07, 6.45) is 0. The van der Waals surface area contributed by atoms with E-state index in [1.54, 1.807) is 6.92 Å². The van der Waals surface area contributed by atoms with Crippen LogP contribution in [0, 0.1) is 23.5 Å². The highest BCUT2D eigenvalue weighted by molar-refractivity contribution is 5.98. The molecule has 16 heavy (non-hydrogen) atoms. The van der Waals surface area contributed by atoms with E-state index in [2.05, 4.69) is 5.32 Å². The summed E-state index contributed by atoms with van der Waals surface area (Å²) in [5.41, 5.74) is -0.139. The smallest absolute Gasteiger partial charge is 0.169 e. The summed E-state index contributed by atoms with van der Waals surface area (Å²) in [4.78, 5) is 11.9. The Morgan fingerprint density at radius 2 is 2.12 bits per heavy atom. The summed E-state index contributed by atoms with van der Waals surface area (Å²) < 4.78 is 26.3. The van der Waals surface area contributed by atoms with Crippen LogP contribution in [0.2, 0.25) is 0 Å². The first kappa shape index (κ1) is 11.2. The molecule has 0 aromatic heterocycles. The lowest BCUT2D eigenvalue weighted by Gasteiger charge is -2.31. The van der Waals surface area contributed by atoms with Crippen molar-refractivity contribution in [1.82, 2.24) is 5.32 Å². The minimum absolute atomic E-state index is 0.139. The highest BCUT2D eigenvalue weighted by Gasteiger charge is 2.30. The summed E-state index contributed by atoms with van der Waals surface area (Å²) in [6, 6.07) is 3.71. The SMILES string of the molecule is CC(C(=O)c1cccc(F)c1F)C1CNC1. The standard InChI is InChI=1S/C12H13F2NO/c1-7(8-5-15-6-8)12(16)9-3-2-4-10(13)11(9)14/h2-4,7-8,15H,5-6H2,1H3. The van der Waals surface area contributed by atoms with E-state index in [9.17, 15) is 13.6 Å². The first-order valence-electron chi connectivity index (χ1n) is 5.30. The number of nitrogens with one attached hydrogen (secondary N) is 1. The first-order valence-corrected chi connectivity index (χ1v) is 5.30. The molecular formula is C12H13F2NO. The lowest BCUT2D eigenvalue weighted by atomic mass is 9.83. The normalized spacial score (nSPS) is 17.9. The van der Waals surface area contributed by atoms with Gasteiger partial charge in [-0.15, -0.1) is 0 Å². The lowest BCUT2D eigenvalue weighted by molar-refractivity contribution is 0.0848. The molecule has 1 aliphatic rings. The number of carbonyl (C=O) groups excluding carboxylic acids is 1. The van der Waals surface area contributed by atoms with Gasteiger partial charge in [0.15, 0.2) is 17.4 Å². The molecule has 0 radical (unpaired) electrons. The third kappa shape index (κ3) is 1.85. The highest BCUT2D eigenvalue weighted by atomic mass is 19.2. The Morgan fingerprint density at radius 3 is 2.69 bits per heavy atom. The summed E-state index contributed by atoms with van der Waals surface area (Å²) in [5, 5.41) is 3.05. The van der Waals surface area contributed by atoms with Crippen molar-refractivity contribution in [1.29, 1.82) is 0 Å². The van der Waals surface area contributed by atoms with Crippen LogP contribution in [0.15, 0.2) is 18.2 Å². The summed E-state index contributed by atoms with van der Waals surface area (Å²) >= 11 is 0. The Balaban J connectivity index is 2.22. The minimum Gasteiger partial charge on any atom is -0.316 e. The van der Waals surface area contributed by atoms with Crippen molar-refractivity contribution in [2.24, 2.45) is 11.8 Å². The second-order valence-electron chi connectivity index (χ2n) is 4.17. The van der Waals surface area contributed by atoms with Crippen LogP contribution in [0.1, 0.15) is 17.3 Å². The van der Waals surface area contributed by atoms with E-state index in [1.807, 2.05) is 0 Å². The number of rotatable bonds is 3. The van der Waals surface area contributed by atoms with E-state index < -0.39 is 11.6 Å². The summed E-state index contributed by atoms with van der Waals surface area (Å²) in [7, 11) is 0. The van der Waals surface area contributed by atoms with E-state index in [0.717, 1.165) is 19.2 Å². The van der Waals surface area contributed by atoms with Crippen molar-refractivity contribution < 1.29 is 13.6 Å². The third-order valence-electron chi connectivity index (χ3n) is 3.15. The number of Topliss-reactive ketones (excluding diaryl/α,β-unsaturated/α-hetero) is 1. The van der Waals surface area contributed by atoms with Gasteiger partial charge in [-0.3, -0.25) is 4.79 Å². The largest absolute Gasteiger partial charge is 0.316 e. The van der Waals surface area contributed by atoms with Crippen LogP contribution in [0.3, 0.4) is 0 Å². The van der Waals surface area contributed by atoms with Gasteiger partial charge in [-0.05, 0) is 31.1 Å². The molecule has 1 heterocycles. The molecule has 1 saturated heterocycles. The molecule has 2 nitrogen and oxygen atoms in total. The van der Waals surface area contributed by atoms with Crippen LogP contribution >= 0.6 is 0 Å². The Hall–Kier alpha value is -1.29. The van der Waals surface area contributed by atoms with E-state index in [-0.39, 0.29) is 23.2 Å². The Kier molecular flexibility index (Phi) is 3.01. The van der Waals surface area contributed by atoms with Gasteiger partial charge in [0.1, 0.15) is 0 Å². The van der Waals surface area contributed by atoms with Gasteiger partial charge in [-0.2, -0.15) is 0 Å². The van der Waals surface area contributed by atoms with Crippen LogP contribution in [-0.2, 0) is 0 Å². The molecule has 0 bridgehead atoms. The number of halogens is 2. The van der Waals surface area contributed by atoms with Crippen molar-refractivity contribution in [3.63, 3.8) is 0 Å². The van der Waals surface area contributed by atoms with Crippen LogP contribution in [0.4, 0.5) is 8.78 Å². The van der Waals surface area contributed by atoms with Gasteiger partial charge in [0.2, 0.25) is 0 Å². The van der Waals surface area contributed by atoms with Crippen molar-refractivity contribution in [2.45, 2.75) is 6.92 Å².